The van der Waals surface area contributed by atoms with Crippen LogP contribution in [0.5, 0.6) is 5.75 Å². The van der Waals surface area contributed by atoms with Crippen molar-refractivity contribution >= 4 is 40.5 Å². The van der Waals surface area contributed by atoms with E-state index in [1.165, 1.54) is 15.4 Å². The lowest BCUT2D eigenvalue weighted by Crippen LogP contribution is -2.42. The van der Waals surface area contributed by atoms with E-state index in [-0.39, 0.29) is 28.9 Å². The molecular formula is C35H47ClN2O5S. The van der Waals surface area contributed by atoms with E-state index in [1.807, 2.05) is 25.1 Å². The van der Waals surface area contributed by atoms with Gasteiger partial charge < -0.3 is 19.5 Å². The number of amides is 1. The van der Waals surface area contributed by atoms with Crippen LogP contribution in [0.2, 0.25) is 5.02 Å². The van der Waals surface area contributed by atoms with Crippen LogP contribution in [0.1, 0.15) is 79.8 Å². The minimum atomic E-state index is -1.47. The van der Waals surface area contributed by atoms with Gasteiger partial charge >= 0.3 is 0 Å². The molecular weight excluding hydrogens is 596 g/mol. The molecule has 0 aromatic heterocycles. The maximum atomic E-state index is 13.6. The highest BCUT2D eigenvalue weighted by molar-refractivity contribution is 7.83. The van der Waals surface area contributed by atoms with Gasteiger partial charge in [0.2, 0.25) is 0 Å². The number of nitrogens with zero attached hydrogens (tertiary/aromatic N) is 2. The predicted molar refractivity (Wildman–Crippen MR) is 179 cm³/mol. The molecule has 1 fully saturated rings. The Morgan fingerprint density at radius 1 is 1.09 bits per heavy atom. The number of anilines is 1. The van der Waals surface area contributed by atoms with Crippen molar-refractivity contribution in [1.82, 2.24) is 4.31 Å². The topological polar surface area (TPSA) is 87.2 Å². The molecule has 3 aliphatic rings. The molecule has 1 saturated carbocycles. The molecule has 2 bridgehead atoms. The van der Waals surface area contributed by atoms with Gasteiger partial charge in [-0.05, 0) is 91.8 Å². The number of aliphatic hydroxyl groups excluding tert-OH is 1. The lowest BCUT2D eigenvalue weighted by atomic mass is 9.67. The number of fused-ring (bicyclic) bond motifs is 2. The lowest BCUT2D eigenvalue weighted by Gasteiger charge is -2.43. The van der Waals surface area contributed by atoms with Crippen LogP contribution < -0.4 is 9.64 Å². The summed E-state index contributed by atoms with van der Waals surface area (Å²) in [5.74, 6) is 1.14. The Hall–Kier alpha value is -2.68. The summed E-state index contributed by atoms with van der Waals surface area (Å²) in [6.07, 6.45) is 11.4. The van der Waals surface area contributed by atoms with E-state index < -0.39 is 11.0 Å². The molecule has 6 atom stereocenters. The molecule has 5 rings (SSSR count). The summed E-state index contributed by atoms with van der Waals surface area (Å²) in [6, 6.07) is 11.8. The summed E-state index contributed by atoms with van der Waals surface area (Å²) >= 11 is 6.40. The first-order valence-corrected chi connectivity index (χ1v) is 17.4. The van der Waals surface area contributed by atoms with Gasteiger partial charge in [-0.1, -0.05) is 50.1 Å². The molecule has 1 amide bonds. The molecule has 44 heavy (non-hydrogen) atoms. The van der Waals surface area contributed by atoms with Crippen LogP contribution >= 0.6 is 11.6 Å². The number of aryl methyl sites for hydroxylation is 1. The molecule has 0 saturated heterocycles. The van der Waals surface area contributed by atoms with Crippen molar-refractivity contribution in [2.24, 2.45) is 17.8 Å². The summed E-state index contributed by atoms with van der Waals surface area (Å²) in [5.41, 5.74) is 3.89. The van der Waals surface area contributed by atoms with E-state index in [9.17, 15) is 13.8 Å². The zero-order chi connectivity index (χ0) is 31.8. The number of halogens is 1. The quantitative estimate of drug-likeness (QED) is 0.293. The molecule has 9 heteroatoms. The van der Waals surface area contributed by atoms with Crippen LogP contribution in [0.25, 0.3) is 0 Å². The number of aliphatic hydroxyl groups is 1. The van der Waals surface area contributed by atoms with Crippen LogP contribution in [0, 0.1) is 17.8 Å². The third-order valence-corrected chi connectivity index (χ3v) is 11.5. The Morgan fingerprint density at radius 3 is 2.57 bits per heavy atom. The Kier molecular flexibility index (Phi) is 12.5. The van der Waals surface area contributed by atoms with Gasteiger partial charge in [-0.2, -0.15) is 0 Å². The van der Waals surface area contributed by atoms with Crippen LogP contribution in [-0.2, 0) is 22.2 Å². The number of benzene rings is 2. The SMILES string of the molecule is CCCc1cc(Cl)ccc1C1COc2ccc3cc2N(C1)CC1CCC1C(C=O)/C=C/CCC(CC)S(=O)N(C)C3=O.CO. The molecule has 6 unspecified atom stereocenters. The fourth-order valence-corrected chi connectivity index (χ4v) is 8.35. The van der Waals surface area contributed by atoms with Crippen LogP contribution in [0.15, 0.2) is 48.6 Å². The van der Waals surface area contributed by atoms with Crippen LogP contribution in [-0.4, -0.2) is 64.9 Å². The molecule has 2 aliphatic heterocycles. The van der Waals surface area contributed by atoms with Crippen LogP contribution in [0.3, 0.4) is 0 Å². The average Bonchev–Trinajstić information content (AvgIpc) is 3.21. The highest BCUT2D eigenvalue weighted by Crippen LogP contribution is 2.44. The second-order valence-corrected chi connectivity index (χ2v) is 14.2. The van der Waals surface area contributed by atoms with Gasteiger partial charge in [-0.15, -0.1) is 0 Å². The van der Waals surface area contributed by atoms with Crippen molar-refractivity contribution < 1.29 is 23.6 Å². The molecule has 0 radical (unpaired) electrons. The number of hydrogen-bond acceptors (Lipinski definition) is 6. The van der Waals surface area contributed by atoms with E-state index in [2.05, 4.69) is 36.1 Å². The monoisotopic (exact) mass is 642 g/mol. The molecule has 0 spiro atoms. The molecule has 1 aliphatic carbocycles. The third-order valence-electron chi connectivity index (χ3n) is 9.38. The summed E-state index contributed by atoms with van der Waals surface area (Å²) in [6.45, 7) is 6.22. The first-order chi connectivity index (χ1) is 21.3. The predicted octanol–water partition coefficient (Wildman–Crippen LogP) is 6.59. The molecule has 7 nitrogen and oxygen atoms in total. The zero-order valence-corrected chi connectivity index (χ0v) is 28.0. The minimum absolute atomic E-state index is 0.113. The fourth-order valence-electron chi connectivity index (χ4n) is 6.82. The summed E-state index contributed by atoms with van der Waals surface area (Å²) < 4.78 is 21.3. The number of rotatable bonds is 5. The molecule has 1 N–H and O–H groups in total. The summed E-state index contributed by atoms with van der Waals surface area (Å²) in [5, 5.41) is 7.60. The highest BCUT2D eigenvalue weighted by atomic mass is 35.5. The second-order valence-electron chi connectivity index (χ2n) is 12.0. The van der Waals surface area contributed by atoms with Crippen molar-refractivity contribution in [3.05, 3.63) is 70.3 Å². The zero-order valence-electron chi connectivity index (χ0n) is 26.4. The van der Waals surface area contributed by atoms with Crippen molar-refractivity contribution in [2.75, 3.05) is 38.8 Å². The Labute approximate surface area is 270 Å². The smallest absolute Gasteiger partial charge is 0.265 e. The summed E-state index contributed by atoms with van der Waals surface area (Å²) in [4.78, 5) is 28.2. The normalized spacial score (nSPS) is 27.9. The van der Waals surface area contributed by atoms with Gasteiger partial charge in [0.25, 0.3) is 5.91 Å². The number of allylic oxidation sites excluding steroid dienone is 2. The molecule has 240 valence electrons. The second kappa shape index (κ2) is 16.1. The number of ether oxygens (including phenoxy) is 1. The van der Waals surface area contributed by atoms with Gasteiger partial charge in [-0.25, -0.2) is 4.21 Å². The lowest BCUT2D eigenvalue weighted by molar-refractivity contribution is -0.112. The summed E-state index contributed by atoms with van der Waals surface area (Å²) in [7, 11) is 1.17. The first-order valence-electron chi connectivity index (χ1n) is 15.9. The van der Waals surface area contributed by atoms with E-state index in [0.29, 0.717) is 30.9 Å². The molecule has 2 heterocycles. The Bertz CT molecular complexity index is 1350. The Balaban J connectivity index is 0.00000216. The van der Waals surface area contributed by atoms with Gasteiger partial charge in [0.1, 0.15) is 23.0 Å². The van der Waals surface area contributed by atoms with E-state index in [4.69, 9.17) is 21.4 Å². The van der Waals surface area contributed by atoms with Crippen molar-refractivity contribution in [3.8, 4) is 5.75 Å². The Morgan fingerprint density at radius 2 is 1.89 bits per heavy atom. The van der Waals surface area contributed by atoms with Gasteiger partial charge in [-0.3, -0.25) is 9.10 Å². The number of carbonyl (C=O) groups excluding carboxylic acids is 2. The molecule has 2 aromatic carbocycles. The van der Waals surface area contributed by atoms with Crippen molar-refractivity contribution in [1.29, 1.82) is 0 Å². The number of aldehydes is 1. The van der Waals surface area contributed by atoms with E-state index in [1.54, 1.807) is 13.1 Å². The highest BCUT2D eigenvalue weighted by Gasteiger charge is 2.38. The van der Waals surface area contributed by atoms with E-state index in [0.717, 1.165) is 75.0 Å². The van der Waals surface area contributed by atoms with Crippen molar-refractivity contribution in [3.63, 3.8) is 0 Å². The number of hydrogen-bond donors (Lipinski definition) is 1. The number of carbonyl (C=O) groups is 2. The third kappa shape index (κ3) is 7.57. The van der Waals surface area contributed by atoms with E-state index >= 15 is 0 Å². The van der Waals surface area contributed by atoms with Crippen LogP contribution in [0.4, 0.5) is 5.69 Å². The first kappa shape index (κ1) is 34.2. The maximum absolute atomic E-state index is 13.6. The van der Waals surface area contributed by atoms with Gasteiger partial charge in [0.05, 0.1) is 17.5 Å². The van der Waals surface area contributed by atoms with Gasteiger partial charge in [0.15, 0.2) is 0 Å². The average molecular weight is 643 g/mol. The molecule has 2 aromatic rings. The van der Waals surface area contributed by atoms with Crippen molar-refractivity contribution in [2.45, 2.75) is 70.0 Å². The minimum Gasteiger partial charge on any atom is -0.491 e. The standard InChI is InChI=1S/C34H43ClN2O4S.CH4O/c1-4-8-23-17-28(35)13-15-30(23)27-20-37-19-25-11-14-31(25)26(21-38)9-6-7-10-29(5-2)42(40)36(3)34(39)24-12-16-33(41-22-27)32(37)18-24;1-2/h6,9,12-13,15-18,21,25-27,29,31H,4-5,7-8,10-11,14,19-20,22H2,1-3H3;2H,1H3/b9-6+;. The fraction of sp³-hybridized carbons (Fsp3) is 0.543. The largest absolute Gasteiger partial charge is 0.491 e. The maximum Gasteiger partial charge on any atom is 0.265 e. The van der Waals surface area contributed by atoms with Gasteiger partial charge in [0, 0.05) is 49.7 Å².